The van der Waals surface area contributed by atoms with Crippen LogP contribution in [0.2, 0.25) is 0 Å². The molecule has 0 saturated carbocycles. The lowest BCUT2D eigenvalue weighted by Gasteiger charge is -2.10. The Morgan fingerprint density at radius 3 is 2.58 bits per heavy atom. The number of sulfonamides is 1. The van der Waals surface area contributed by atoms with E-state index in [0.717, 1.165) is 5.56 Å². The van der Waals surface area contributed by atoms with E-state index in [9.17, 15) is 13.2 Å². The van der Waals surface area contributed by atoms with Gasteiger partial charge in [-0.15, -0.1) is 0 Å². The first kappa shape index (κ1) is 18.0. The lowest BCUT2D eigenvalue weighted by Crippen LogP contribution is -2.25. The van der Waals surface area contributed by atoms with Crippen molar-refractivity contribution in [2.45, 2.75) is 18.4 Å². The van der Waals surface area contributed by atoms with Gasteiger partial charge in [0.05, 0.1) is 12.0 Å². The Morgan fingerprint density at radius 1 is 1.17 bits per heavy atom. The van der Waals surface area contributed by atoms with E-state index in [0.29, 0.717) is 23.4 Å². The molecular weight excluding hydrogens is 328 g/mol. The van der Waals surface area contributed by atoms with E-state index < -0.39 is 10.0 Å². The van der Waals surface area contributed by atoms with Crippen molar-refractivity contribution < 1.29 is 17.9 Å². The number of nitrogens with one attached hydrogen (secondary N) is 2. The molecule has 0 saturated heterocycles. The first-order valence-corrected chi connectivity index (χ1v) is 8.81. The number of aryl methyl sites for hydroxylation is 1. The largest absolute Gasteiger partial charge is 0.497 e. The molecule has 7 heteroatoms. The second kappa shape index (κ2) is 7.46. The molecular formula is C17H20N2O4S. The van der Waals surface area contributed by atoms with Crippen LogP contribution in [0.3, 0.4) is 0 Å². The van der Waals surface area contributed by atoms with Gasteiger partial charge in [-0.25, -0.2) is 13.1 Å². The SMILES string of the molecule is CNS(=O)(=O)c1ccc(C)c(C(=O)NCc2cccc(OC)c2)c1. The molecule has 0 aliphatic carbocycles. The van der Waals surface area contributed by atoms with Crippen LogP contribution in [0.4, 0.5) is 0 Å². The predicted octanol–water partition coefficient (Wildman–Crippen LogP) is 1.84. The number of hydrogen-bond acceptors (Lipinski definition) is 4. The lowest BCUT2D eigenvalue weighted by atomic mass is 10.1. The molecule has 0 heterocycles. The van der Waals surface area contributed by atoms with Crippen LogP contribution in [-0.4, -0.2) is 28.5 Å². The monoisotopic (exact) mass is 348 g/mol. The van der Waals surface area contributed by atoms with Gasteiger partial charge in [-0.2, -0.15) is 0 Å². The minimum atomic E-state index is -3.59. The zero-order valence-electron chi connectivity index (χ0n) is 13.8. The molecule has 0 radical (unpaired) electrons. The van der Waals surface area contributed by atoms with Crippen LogP contribution in [0.15, 0.2) is 47.4 Å². The molecule has 24 heavy (non-hydrogen) atoms. The average Bonchev–Trinajstić information content (AvgIpc) is 2.60. The zero-order valence-corrected chi connectivity index (χ0v) is 14.6. The molecule has 0 spiro atoms. The van der Waals surface area contributed by atoms with Gasteiger partial charge in [0.1, 0.15) is 5.75 Å². The molecule has 0 fully saturated rings. The van der Waals surface area contributed by atoms with Gasteiger partial charge >= 0.3 is 0 Å². The van der Waals surface area contributed by atoms with Gasteiger partial charge in [0.25, 0.3) is 5.91 Å². The van der Waals surface area contributed by atoms with Gasteiger partial charge in [0.15, 0.2) is 0 Å². The zero-order chi connectivity index (χ0) is 17.7. The number of carbonyl (C=O) groups excluding carboxylic acids is 1. The first-order valence-electron chi connectivity index (χ1n) is 7.32. The Kier molecular flexibility index (Phi) is 5.58. The van der Waals surface area contributed by atoms with E-state index in [4.69, 9.17) is 4.74 Å². The highest BCUT2D eigenvalue weighted by Gasteiger charge is 2.16. The molecule has 128 valence electrons. The van der Waals surface area contributed by atoms with E-state index in [1.165, 1.54) is 19.2 Å². The fourth-order valence-electron chi connectivity index (χ4n) is 2.19. The molecule has 6 nitrogen and oxygen atoms in total. The number of benzene rings is 2. The highest BCUT2D eigenvalue weighted by Crippen LogP contribution is 2.16. The Labute approximate surface area is 141 Å². The van der Waals surface area contributed by atoms with Gasteiger partial charge in [-0.1, -0.05) is 18.2 Å². The van der Waals surface area contributed by atoms with Crippen LogP contribution in [-0.2, 0) is 16.6 Å². The summed E-state index contributed by atoms with van der Waals surface area (Å²) in [5.74, 6) is 0.378. The maximum Gasteiger partial charge on any atom is 0.251 e. The Morgan fingerprint density at radius 2 is 1.92 bits per heavy atom. The topological polar surface area (TPSA) is 84.5 Å². The maximum atomic E-state index is 12.4. The van der Waals surface area contributed by atoms with Crippen molar-refractivity contribution in [1.82, 2.24) is 10.0 Å². The fourth-order valence-corrected chi connectivity index (χ4v) is 2.95. The summed E-state index contributed by atoms with van der Waals surface area (Å²) >= 11 is 0. The van der Waals surface area contributed by atoms with Crippen LogP contribution in [0, 0.1) is 6.92 Å². The summed E-state index contributed by atoms with van der Waals surface area (Å²) in [6.07, 6.45) is 0. The standard InChI is InChI=1S/C17H20N2O4S/c1-12-7-8-15(24(21,22)18-2)10-16(12)17(20)19-11-13-5-4-6-14(9-13)23-3/h4-10,18H,11H2,1-3H3,(H,19,20). The second-order valence-electron chi connectivity index (χ2n) is 5.22. The van der Waals surface area contributed by atoms with Crippen molar-refractivity contribution in [1.29, 1.82) is 0 Å². The van der Waals surface area contributed by atoms with Crippen molar-refractivity contribution in [2.24, 2.45) is 0 Å². The summed E-state index contributed by atoms with van der Waals surface area (Å²) in [5, 5.41) is 2.79. The number of ether oxygens (including phenoxy) is 1. The van der Waals surface area contributed by atoms with Crippen molar-refractivity contribution in [3.63, 3.8) is 0 Å². The fraction of sp³-hybridized carbons (Fsp3) is 0.235. The number of carbonyl (C=O) groups is 1. The van der Waals surface area contributed by atoms with E-state index in [-0.39, 0.29) is 10.8 Å². The molecule has 1 amide bonds. The third-order valence-electron chi connectivity index (χ3n) is 3.62. The Balaban J connectivity index is 2.19. The molecule has 2 aromatic carbocycles. The molecule has 0 aliphatic heterocycles. The highest BCUT2D eigenvalue weighted by atomic mass is 32.2. The second-order valence-corrected chi connectivity index (χ2v) is 7.11. The molecule has 2 N–H and O–H groups in total. The van der Waals surface area contributed by atoms with Crippen molar-refractivity contribution in [3.8, 4) is 5.75 Å². The van der Waals surface area contributed by atoms with Gasteiger partial charge in [0.2, 0.25) is 10.0 Å². The molecule has 2 rings (SSSR count). The number of hydrogen-bond donors (Lipinski definition) is 2. The minimum Gasteiger partial charge on any atom is -0.497 e. The van der Waals surface area contributed by atoms with Crippen LogP contribution >= 0.6 is 0 Å². The molecule has 0 aliphatic rings. The van der Waals surface area contributed by atoms with Crippen molar-refractivity contribution in [2.75, 3.05) is 14.2 Å². The van der Waals surface area contributed by atoms with Crippen molar-refractivity contribution >= 4 is 15.9 Å². The maximum absolute atomic E-state index is 12.4. The summed E-state index contributed by atoms with van der Waals surface area (Å²) < 4.78 is 31.1. The summed E-state index contributed by atoms with van der Waals surface area (Å²) in [6.45, 7) is 2.08. The molecule has 0 bridgehead atoms. The molecule has 2 aromatic rings. The minimum absolute atomic E-state index is 0.0575. The van der Waals surface area contributed by atoms with Gasteiger partial charge in [-0.3, -0.25) is 4.79 Å². The molecule has 0 unspecified atom stereocenters. The van der Waals surface area contributed by atoms with E-state index in [1.807, 2.05) is 24.3 Å². The van der Waals surface area contributed by atoms with Gasteiger partial charge in [-0.05, 0) is 49.4 Å². The van der Waals surface area contributed by atoms with Crippen LogP contribution in [0.25, 0.3) is 0 Å². The lowest BCUT2D eigenvalue weighted by molar-refractivity contribution is 0.0950. The number of rotatable bonds is 6. The summed E-state index contributed by atoms with van der Waals surface area (Å²) in [4.78, 5) is 12.5. The molecule has 0 atom stereocenters. The van der Waals surface area contributed by atoms with E-state index >= 15 is 0 Å². The third-order valence-corrected chi connectivity index (χ3v) is 5.03. The Hall–Kier alpha value is -2.38. The van der Waals surface area contributed by atoms with E-state index in [1.54, 1.807) is 20.1 Å². The third kappa shape index (κ3) is 4.12. The van der Waals surface area contributed by atoms with Crippen molar-refractivity contribution in [3.05, 3.63) is 59.2 Å². The first-order chi connectivity index (χ1) is 11.4. The van der Waals surface area contributed by atoms with Gasteiger partial charge < -0.3 is 10.1 Å². The smallest absolute Gasteiger partial charge is 0.251 e. The Bertz CT molecular complexity index is 847. The quantitative estimate of drug-likeness (QED) is 0.834. The average molecular weight is 348 g/mol. The summed E-state index contributed by atoms with van der Waals surface area (Å²) in [7, 11) is -0.684. The number of amides is 1. The normalized spacial score (nSPS) is 11.1. The van der Waals surface area contributed by atoms with Crippen LogP contribution < -0.4 is 14.8 Å². The summed E-state index contributed by atoms with van der Waals surface area (Å²) in [5.41, 5.74) is 1.92. The molecule has 0 aromatic heterocycles. The van der Waals surface area contributed by atoms with E-state index in [2.05, 4.69) is 10.0 Å². The predicted molar refractivity (Wildman–Crippen MR) is 91.6 cm³/mol. The summed E-state index contributed by atoms with van der Waals surface area (Å²) in [6, 6.07) is 11.8. The van der Waals surface area contributed by atoms with Gasteiger partial charge in [0, 0.05) is 12.1 Å². The number of methoxy groups -OCH3 is 1. The van der Waals surface area contributed by atoms with Crippen LogP contribution in [0.1, 0.15) is 21.5 Å². The van der Waals surface area contributed by atoms with Crippen LogP contribution in [0.5, 0.6) is 5.75 Å². The highest BCUT2D eigenvalue weighted by molar-refractivity contribution is 7.89.